The minimum atomic E-state index is 0.145. The van der Waals surface area contributed by atoms with Crippen molar-refractivity contribution >= 4 is 0 Å². The smallest absolute Gasteiger partial charge is 0.0625 e. The highest BCUT2D eigenvalue weighted by Gasteiger charge is 2.37. The molecule has 0 radical (unpaired) electrons. The maximum Gasteiger partial charge on any atom is 0.0625 e. The topological polar surface area (TPSA) is 36.3 Å². The molecule has 0 aliphatic carbocycles. The number of likely N-dealkylation sites (tertiary alicyclic amines) is 1. The van der Waals surface area contributed by atoms with Gasteiger partial charge in [0.1, 0.15) is 0 Å². The van der Waals surface area contributed by atoms with Gasteiger partial charge in [-0.1, -0.05) is 0 Å². The van der Waals surface area contributed by atoms with E-state index in [4.69, 9.17) is 10.00 Å². The summed E-state index contributed by atoms with van der Waals surface area (Å²) in [7, 11) is 1.74. The van der Waals surface area contributed by atoms with E-state index in [2.05, 4.69) is 24.8 Å². The van der Waals surface area contributed by atoms with Crippen LogP contribution in [-0.2, 0) is 4.74 Å². The molecule has 1 fully saturated rings. The Morgan fingerprint density at radius 1 is 1.53 bits per heavy atom. The lowest BCUT2D eigenvalue weighted by Gasteiger charge is -2.47. The van der Waals surface area contributed by atoms with Crippen LogP contribution in [0.1, 0.15) is 33.1 Å². The van der Waals surface area contributed by atoms with Crippen LogP contribution in [0.3, 0.4) is 0 Å². The van der Waals surface area contributed by atoms with Crippen LogP contribution in [0.15, 0.2) is 0 Å². The van der Waals surface area contributed by atoms with E-state index in [-0.39, 0.29) is 5.54 Å². The zero-order valence-electron chi connectivity index (χ0n) is 10.1. The fourth-order valence-electron chi connectivity index (χ4n) is 2.49. The van der Waals surface area contributed by atoms with Crippen molar-refractivity contribution in [3.05, 3.63) is 0 Å². The van der Waals surface area contributed by atoms with Crippen molar-refractivity contribution in [2.75, 3.05) is 26.8 Å². The molecular formula is C12H22N2O. The van der Waals surface area contributed by atoms with Gasteiger partial charge in [0, 0.05) is 25.6 Å². The second-order valence-corrected chi connectivity index (χ2v) is 4.83. The summed E-state index contributed by atoms with van der Waals surface area (Å²) in [5.74, 6) is 0.508. The summed E-state index contributed by atoms with van der Waals surface area (Å²) >= 11 is 0. The quantitative estimate of drug-likeness (QED) is 0.712. The Labute approximate surface area is 93.0 Å². The zero-order valence-corrected chi connectivity index (χ0v) is 10.1. The third kappa shape index (κ3) is 2.93. The first-order valence-electron chi connectivity index (χ1n) is 5.74. The molecule has 0 amide bonds. The Bertz CT molecular complexity index is 232. The van der Waals surface area contributed by atoms with Crippen molar-refractivity contribution in [1.29, 1.82) is 5.26 Å². The molecule has 1 aliphatic rings. The lowest BCUT2D eigenvalue weighted by atomic mass is 9.77. The predicted octanol–water partition coefficient (Wildman–Crippen LogP) is 2.04. The van der Waals surface area contributed by atoms with Gasteiger partial charge in [0.2, 0.25) is 0 Å². The molecule has 1 heterocycles. The molecule has 86 valence electrons. The maximum atomic E-state index is 8.82. The summed E-state index contributed by atoms with van der Waals surface area (Å²) in [5.41, 5.74) is 0.145. The van der Waals surface area contributed by atoms with Crippen LogP contribution in [0.5, 0.6) is 0 Å². The Hall–Kier alpha value is -0.590. The summed E-state index contributed by atoms with van der Waals surface area (Å²) in [6.45, 7) is 7.40. The van der Waals surface area contributed by atoms with Crippen molar-refractivity contribution in [1.82, 2.24) is 4.90 Å². The molecule has 1 atom stereocenters. The highest BCUT2D eigenvalue weighted by Crippen LogP contribution is 2.34. The third-order valence-electron chi connectivity index (χ3n) is 3.70. The number of rotatable bonds is 4. The van der Waals surface area contributed by atoms with Crippen LogP contribution in [0.4, 0.5) is 0 Å². The second-order valence-electron chi connectivity index (χ2n) is 4.83. The van der Waals surface area contributed by atoms with E-state index in [9.17, 15) is 0 Å². The molecule has 0 aromatic rings. The molecule has 15 heavy (non-hydrogen) atoms. The van der Waals surface area contributed by atoms with E-state index in [0.29, 0.717) is 12.3 Å². The van der Waals surface area contributed by atoms with Crippen molar-refractivity contribution < 1.29 is 4.74 Å². The van der Waals surface area contributed by atoms with Gasteiger partial charge in [0.05, 0.1) is 12.7 Å². The van der Waals surface area contributed by atoms with Crippen LogP contribution in [0.2, 0.25) is 0 Å². The van der Waals surface area contributed by atoms with Gasteiger partial charge in [0.25, 0.3) is 0 Å². The van der Waals surface area contributed by atoms with Gasteiger partial charge in [-0.05, 0) is 39.2 Å². The number of piperidine rings is 1. The molecular weight excluding hydrogens is 188 g/mol. The molecule has 3 nitrogen and oxygen atoms in total. The van der Waals surface area contributed by atoms with Crippen molar-refractivity contribution in [3.63, 3.8) is 0 Å². The molecule has 1 rings (SSSR count). The number of nitrogens with zero attached hydrogens (tertiary/aromatic N) is 2. The van der Waals surface area contributed by atoms with Gasteiger partial charge < -0.3 is 4.74 Å². The van der Waals surface area contributed by atoms with Crippen LogP contribution in [-0.4, -0.2) is 37.2 Å². The average Bonchev–Trinajstić information content (AvgIpc) is 2.19. The zero-order chi connectivity index (χ0) is 11.3. The van der Waals surface area contributed by atoms with Gasteiger partial charge >= 0.3 is 0 Å². The molecule has 0 bridgehead atoms. The van der Waals surface area contributed by atoms with E-state index in [0.717, 1.165) is 19.7 Å². The molecule has 0 aromatic heterocycles. The van der Waals surface area contributed by atoms with E-state index < -0.39 is 0 Å². The van der Waals surface area contributed by atoms with Crippen LogP contribution in [0, 0.1) is 17.2 Å². The highest BCUT2D eigenvalue weighted by atomic mass is 16.5. The van der Waals surface area contributed by atoms with Crippen molar-refractivity contribution in [2.45, 2.75) is 38.6 Å². The molecule has 1 unspecified atom stereocenters. The Morgan fingerprint density at radius 2 is 2.27 bits per heavy atom. The first kappa shape index (κ1) is 12.5. The molecule has 0 spiro atoms. The van der Waals surface area contributed by atoms with E-state index in [1.54, 1.807) is 7.11 Å². The van der Waals surface area contributed by atoms with Gasteiger partial charge in [-0.15, -0.1) is 0 Å². The van der Waals surface area contributed by atoms with E-state index >= 15 is 0 Å². The molecule has 1 aliphatic heterocycles. The van der Waals surface area contributed by atoms with Crippen LogP contribution < -0.4 is 0 Å². The molecule has 3 heteroatoms. The van der Waals surface area contributed by atoms with E-state index in [1.165, 1.54) is 12.8 Å². The summed E-state index contributed by atoms with van der Waals surface area (Å²) in [4.78, 5) is 2.46. The monoisotopic (exact) mass is 210 g/mol. The Kier molecular flexibility index (Phi) is 4.56. The van der Waals surface area contributed by atoms with Crippen LogP contribution in [0.25, 0.3) is 0 Å². The summed E-state index contributed by atoms with van der Waals surface area (Å²) in [6.07, 6.45) is 3.07. The molecule has 0 saturated carbocycles. The fourth-order valence-corrected chi connectivity index (χ4v) is 2.49. The van der Waals surface area contributed by atoms with Crippen molar-refractivity contribution in [3.8, 4) is 6.07 Å². The molecule has 1 saturated heterocycles. The van der Waals surface area contributed by atoms with Gasteiger partial charge in [0.15, 0.2) is 0 Å². The third-order valence-corrected chi connectivity index (χ3v) is 3.70. The molecule has 0 aromatic carbocycles. The maximum absolute atomic E-state index is 8.82. The summed E-state index contributed by atoms with van der Waals surface area (Å²) < 4.78 is 5.13. The van der Waals surface area contributed by atoms with Gasteiger partial charge in [-0.25, -0.2) is 0 Å². The minimum Gasteiger partial charge on any atom is -0.383 e. The number of nitriles is 1. The standard InChI is InChI=1S/C12H22N2O/c1-12(2)11(6-7-13)5-4-8-14(12)9-10-15-3/h11H,4-6,8-10H2,1-3H3. The highest BCUT2D eigenvalue weighted by molar-refractivity contribution is 4.96. The second kappa shape index (κ2) is 5.48. The number of hydrogen-bond acceptors (Lipinski definition) is 3. The van der Waals surface area contributed by atoms with Crippen molar-refractivity contribution in [2.24, 2.45) is 5.92 Å². The molecule has 0 N–H and O–H groups in total. The number of hydrogen-bond donors (Lipinski definition) is 0. The van der Waals surface area contributed by atoms with E-state index in [1.807, 2.05) is 0 Å². The van der Waals surface area contributed by atoms with Crippen LogP contribution >= 0.6 is 0 Å². The first-order valence-corrected chi connectivity index (χ1v) is 5.74. The lowest BCUT2D eigenvalue weighted by molar-refractivity contribution is 0.00625. The summed E-state index contributed by atoms with van der Waals surface area (Å²) in [5, 5.41) is 8.82. The minimum absolute atomic E-state index is 0.145. The van der Waals surface area contributed by atoms with Gasteiger partial charge in [-0.2, -0.15) is 5.26 Å². The van der Waals surface area contributed by atoms with Gasteiger partial charge in [-0.3, -0.25) is 4.90 Å². The summed E-state index contributed by atoms with van der Waals surface area (Å²) in [6, 6.07) is 2.31. The largest absolute Gasteiger partial charge is 0.383 e. The lowest BCUT2D eigenvalue weighted by Crippen LogP contribution is -2.54. The number of ether oxygens (including phenoxy) is 1. The fraction of sp³-hybridized carbons (Fsp3) is 0.917. The number of methoxy groups -OCH3 is 1. The SMILES string of the molecule is COCCN1CCCC(CC#N)C1(C)C. The average molecular weight is 210 g/mol. The first-order chi connectivity index (χ1) is 7.12. The Morgan fingerprint density at radius 3 is 2.87 bits per heavy atom. The Balaban J connectivity index is 2.60. The predicted molar refractivity (Wildman–Crippen MR) is 60.5 cm³/mol. The normalized spacial score (nSPS) is 26.1.